The van der Waals surface area contributed by atoms with Crippen molar-refractivity contribution in [2.24, 2.45) is 0 Å². The fourth-order valence-corrected chi connectivity index (χ4v) is 5.10. The lowest BCUT2D eigenvalue weighted by atomic mass is 10.0. The highest BCUT2D eigenvalue weighted by molar-refractivity contribution is 5.81. The van der Waals surface area contributed by atoms with Crippen LogP contribution in [0.25, 0.3) is 21.9 Å². The Hall–Kier alpha value is -3.34. The van der Waals surface area contributed by atoms with Crippen molar-refractivity contribution in [1.29, 1.82) is 0 Å². The minimum atomic E-state index is -0.723. The van der Waals surface area contributed by atoms with Crippen LogP contribution >= 0.6 is 0 Å². The molecule has 6 rings (SSSR count). The molecule has 4 aromatic rings. The predicted octanol–water partition coefficient (Wildman–Crippen LogP) is 3.76. The Morgan fingerprint density at radius 1 is 1.14 bits per heavy atom. The number of aromatic nitrogens is 4. The number of fused-ring (bicyclic) bond motifs is 3. The van der Waals surface area contributed by atoms with Crippen LogP contribution in [0.4, 0.5) is 10.2 Å². The van der Waals surface area contributed by atoms with Crippen LogP contribution < -0.4 is 10.5 Å². The van der Waals surface area contributed by atoms with Gasteiger partial charge >= 0.3 is 0 Å². The van der Waals surface area contributed by atoms with Gasteiger partial charge in [0.2, 0.25) is 5.88 Å². The van der Waals surface area contributed by atoms with Gasteiger partial charge in [-0.25, -0.2) is 19.3 Å². The quantitative estimate of drug-likeness (QED) is 0.461. The molecule has 2 N–H and O–H groups in total. The Balaban J connectivity index is 1.27. The van der Waals surface area contributed by atoms with Gasteiger partial charge in [-0.2, -0.15) is 0 Å². The van der Waals surface area contributed by atoms with Crippen molar-refractivity contribution in [3.63, 3.8) is 0 Å². The summed E-state index contributed by atoms with van der Waals surface area (Å²) in [4.78, 5) is 12.8. The van der Waals surface area contributed by atoms with Crippen molar-refractivity contribution in [2.75, 3.05) is 12.8 Å². The lowest BCUT2D eigenvalue weighted by Gasteiger charge is -2.25. The molecule has 0 bridgehead atoms. The van der Waals surface area contributed by atoms with Gasteiger partial charge in [0.05, 0.1) is 24.1 Å². The average molecular weight is 480 g/mol. The first-order valence-corrected chi connectivity index (χ1v) is 11.5. The van der Waals surface area contributed by atoms with Gasteiger partial charge in [-0.1, -0.05) is 12.1 Å². The van der Waals surface area contributed by atoms with E-state index in [2.05, 4.69) is 15.0 Å². The fraction of sp³-hybridized carbons (Fsp3) is 0.400. The zero-order valence-corrected chi connectivity index (χ0v) is 19.6. The number of hydrogen-bond donors (Lipinski definition) is 1. The molecule has 1 aromatic carbocycles. The molecule has 10 heteroatoms. The molecule has 1 unspecified atom stereocenters. The third-order valence-electron chi connectivity index (χ3n) is 6.65. The molecule has 0 saturated carbocycles. The van der Waals surface area contributed by atoms with E-state index in [9.17, 15) is 4.39 Å². The van der Waals surface area contributed by atoms with E-state index in [4.69, 9.17) is 24.7 Å². The Morgan fingerprint density at radius 2 is 1.97 bits per heavy atom. The molecule has 2 aliphatic heterocycles. The van der Waals surface area contributed by atoms with E-state index in [1.54, 1.807) is 7.11 Å². The molecule has 0 radical (unpaired) electrons. The summed E-state index contributed by atoms with van der Waals surface area (Å²) < 4.78 is 40.1. The van der Waals surface area contributed by atoms with Gasteiger partial charge in [-0.3, -0.25) is 0 Å². The van der Waals surface area contributed by atoms with Gasteiger partial charge in [0.15, 0.2) is 23.7 Å². The summed E-state index contributed by atoms with van der Waals surface area (Å²) in [5.41, 5.74) is 8.09. The Morgan fingerprint density at radius 3 is 2.80 bits per heavy atom. The highest BCUT2D eigenvalue weighted by atomic mass is 19.1. The number of halogens is 1. The number of rotatable bonds is 5. The number of nitrogen functional groups attached to an aromatic ring is 1. The van der Waals surface area contributed by atoms with Gasteiger partial charge in [-0.05, 0) is 50.5 Å². The monoisotopic (exact) mass is 479 g/mol. The summed E-state index contributed by atoms with van der Waals surface area (Å²) in [5, 5.41) is 1.51. The highest BCUT2D eigenvalue weighted by Crippen LogP contribution is 2.45. The van der Waals surface area contributed by atoms with Crippen molar-refractivity contribution in [3.8, 4) is 5.88 Å². The molecule has 5 heterocycles. The van der Waals surface area contributed by atoms with Crippen molar-refractivity contribution in [3.05, 3.63) is 54.2 Å². The largest absolute Gasteiger partial charge is 0.480 e. The van der Waals surface area contributed by atoms with Crippen molar-refractivity contribution >= 4 is 27.8 Å². The zero-order valence-electron chi connectivity index (χ0n) is 19.6. The maximum absolute atomic E-state index is 13.7. The maximum Gasteiger partial charge on any atom is 0.225 e. The van der Waals surface area contributed by atoms with E-state index >= 15 is 0 Å². The van der Waals surface area contributed by atoms with E-state index in [0.717, 1.165) is 17.4 Å². The lowest BCUT2D eigenvalue weighted by Crippen LogP contribution is -2.29. The van der Waals surface area contributed by atoms with Gasteiger partial charge in [0, 0.05) is 11.6 Å². The summed E-state index contributed by atoms with van der Waals surface area (Å²) in [6.07, 6.45) is 3.67. The Labute approximate surface area is 201 Å². The molecule has 35 heavy (non-hydrogen) atoms. The van der Waals surface area contributed by atoms with Crippen LogP contribution in [0, 0.1) is 5.82 Å². The van der Waals surface area contributed by atoms with E-state index in [-0.39, 0.29) is 24.1 Å². The molecule has 4 atom stereocenters. The summed E-state index contributed by atoms with van der Waals surface area (Å²) in [5.74, 6) is -0.824. The first kappa shape index (κ1) is 22.1. The van der Waals surface area contributed by atoms with Gasteiger partial charge in [0.1, 0.15) is 24.2 Å². The summed E-state index contributed by atoms with van der Waals surface area (Å²) in [7, 11) is 1.58. The number of nitrogens with two attached hydrogens (primary N) is 1. The third kappa shape index (κ3) is 3.78. The van der Waals surface area contributed by atoms with Crippen LogP contribution in [0.1, 0.15) is 32.1 Å². The molecule has 182 valence electrons. The molecule has 2 fully saturated rings. The van der Waals surface area contributed by atoms with Gasteiger partial charge in [-0.15, -0.1) is 0 Å². The van der Waals surface area contributed by atoms with Crippen molar-refractivity contribution < 1.29 is 23.3 Å². The molecule has 2 aliphatic rings. The average Bonchev–Trinajstić information content (AvgIpc) is 3.49. The third-order valence-corrected chi connectivity index (χ3v) is 6.65. The molecular formula is C25H26FN5O4. The van der Waals surface area contributed by atoms with E-state index in [0.29, 0.717) is 28.9 Å². The number of methoxy groups -OCH3 is 1. The summed E-state index contributed by atoms with van der Waals surface area (Å²) >= 11 is 0. The number of pyridine rings is 1. The zero-order chi connectivity index (χ0) is 24.3. The molecule has 9 nitrogen and oxygen atoms in total. The minimum absolute atomic E-state index is 0.0995. The van der Waals surface area contributed by atoms with Crippen molar-refractivity contribution in [1.82, 2.24) is 19.5 Å². The Kier molecular flexibility index (Phi) is 5.13. The number of nitrogens with zero attached hydrogens (tertiary/aromatic N) is 4. The molecular weight excluding hydrogens is 453 g/mol. The molecule has 0 aliphatic carbocycles. The standard InChI is InChI=1S/C25H26FN5O4/c1-25(2)34-19-18(7-5-13-4-6-14-11-16(26)21(27)30-17(14)10-13)33-24(20(19)35-25)31-9-8-15-22(31)28-12-29-23(15)32-3/h4,6,8-12,18-20,24H,5,7H2,1-3H3,(H2,27,30)/t18-,19-,20-,24?/m1/s1. The van der Waals surface area contributed by atoms with Crippen molar-refractivity contribution in [2.45, 2.75) is 57.0 Å². The topological polar surface area (TPSA) is 107 Å². The second-order valence-electron chi connectivity index (χ2n) is 9.39. The van der Waals surface area contributed by atoms with Crippen LogP contribution in [0.2, 0.25) is 0 Å². The van der Waals surface area contributed by atoms with E-state index in [1.807, 2.05) is 48.9 Å². The first-order chi connectivity index (χ1) is 16.8. The van der Waals surface area contributed by atoms with E-state index < -0.39 is 17.8 Å². The highest BCUT2D eigenvalue weighted by Gasteiger charge is 2.55. The number of hydrogen-bond acceptors (Lipinski definition) is 8. The number of aryl methyl sites for hydroxylation is 1. The van der Waals surface area contributed by atoms with Crippen LogP contribution in [-0.2, 0) is 20.6 Å². The SMILES string of the molecule is COc1ncnc2c1ccn2C1O[C@H](CCc2ccc3cc(F)c(N)nc3c2)[C@H]2OC(C)(C)O[C@@H]12. The van der Waals surface area contributed by atoms with Gasteiger partial charge in [0.25, 0.3) is 0 Å². The van der Waals surface area contributed by atoms with Crippen LogP contribution in [0.15, 0.2) is 42.9 Å². The number of benzene rings is 1. The molecule has 3 aromatic heterocycles. The smallest absolute Gasteiger partial charge is 0.225 e. The number of ether oxygens (including phenoxy) is 4. The molecule has 0 spiro atoms. The minimum Gasteiger partial charge on any atom is -0.480 e. The molecule has 0 amide bonds. The Bertz CT molecular complexity index is 1420. The second kappa shape index (κ2) is 8.11. The molecule has 2 saturated heterocycles. The predicted molar refractivity (Wildman–Crippen MR) is 126 cm³/mol. The van der Waals surface area contributed by atoms with Crippen LogP contribution in [0.3, 0.4) is 0 Å². The number of anilines is 1. The summed E-state index contributed by atoms with van der Waals surface area (Å²) in [6.45, 7) is 3.83. The van der Waals surface area contributed by atoms with Crippen LogP contribution in [-0.4, -0.2) is 50.7 Å². The fourth-order valence-electron chi connectivity index (χ4n) is 5.10. The summed E-state index contributed by atoms with van der Waals surface area (Å²) in [6, 6.07) is 9.09. The second-order valence-corrected chi connectivity index (χ2v) is 9.39. The first-order valence-electron chi connectivity index (χ1n) is 11.5. The lowest BCUT2D eigenvalue weighted by molar-refractivity contribution is -0.196. The van der Waals surface area contributed by atoms with E-state index in [1.165, 1.54) is 12.4 Å². The van der Waals surface area contributed by atoms with Crippen LogP contribution in [0.5, 0.6) is 5.88 Å². The normalized spacial score (nSPS) is 25.4. The maximum atomic E-state index is 13.7. The van der Waals surface area contributed by atoms with Gasteiger partial charge < -0.3 is 29.2 Å².